The first kappa shape index (κ1) is 15.4. The number of hydrogen-bond donors (Lipinski definition) is 2. The van der Waals surface area contributed by atoms with Crippen molar-refractivity contribution in [2.45, 2.75) is 46.1 Å². The van der Waals surface area contributed by atoms with Crippen LogP contribution in [0.3, 0.4) is 0 Å². The molecule has 1 aliphatic rings. The Bertz CT molecular complexity index is 247. The van der Waals surface area contributed by atoms with Gasteiger partial charge in [0.05, 0.1) is 0 Å². The van der Waals surface area contributed by atoms with Gasteiger partial charge in [-0.1, -0.05) is 13.8 Å². The first-order chi connectivity index (χ1) is 8.51. The Kier molecular flexibility index (Phi) is 6.65. The van der Waals surface area contributed by atoms with E-state index in [0.29, 0.717) is 13.0 Å². The molecule has 0 spiro atoms. The third-order valence-corrected chi connectivity index (χ3v) is 3.49. The normalized spacial score (nSPS) is 26.9. The Morgan fingerprint density at radius 2 is 2.00 bits per heavy atom. The Morgan fingerprint density at radius 1 is 1.39 bits per heavy atom. The second-order valence-corrected chi connectivity index (χ2v) is 6.03. The van der Waals surface area contributed by atoms with E-state index in [0.717, 1.165) is 37.9 Å². The van der Waals surface area contributed by atoms with Crippen LogP contribution in [0.25, 0.3) is 0 Å². The molecule has 0 aliphatic carbocycles. The van der Waals surface area contributed by atoms with Gasteiger partial charge in [0, 0.05) is 32.1 Å². The van der Waals surface area contributed by atoms with Crippen LogP contribution in [0.5, 0.6) is 0 Å². The van der Waals surface area contributed by atoms with Crippen molar-refractivity contribution in [3.63, 3.8) is 0 Å². The number of piperidine rings is 1. The van der Waals surface area contributed by atoms with E-state index in [1.807, 2.05) is 0 Å². The summed E-state index contributed by atoms with van der Waals surface area (Å²) in [6.45, 7) is 10.6. The Morgan fingerprint density at radius 3 is 2.56 bits per heavy atom. The first-order valence-corrected chi connectivity index (χ1v) is 7.23. The molecular weight excluding hydrogens is 226 g/mol. The molecule has 0 aromatic carbocycles. The molecule has 0 aromatic rings. The van der Waals surface area contributed by atoms with Gasteiger partial charge in [-0.15, -0.1) is 0 Å². The number of amides is 1. The molecule has 4 nitrogen and oxygen atoms in total. The van der Waals surface area contributed by atoms with Gasteiger partial charge >= 0.3 is 0 Å². The molecule has 0 radical (unpaired) electrons. The van der Waals surface area contributed by atoms with Crippen molar-refractivity contribution in [2.75, 3.05) is 26.2 Å². The Hall–Kier alpha value is -0.610. The fraction of sp³-hybridized carbons (Fsp3) is 0.929. The minimum atomic E-state index is 0.131. The lowest BCUT2D eigenvalue weighted by Gasteiger charge is -2.36. The molecule has 3 unspecified atom stereocenters. The molecule has 1 fully saturated rings. The van der Waals surface area contributed by atoms with Crippen molar-refractivity contribution in [1.29, 1.82) is 0 Å². The lowest BCUT2D eigenvalue weighted by atomic mass is 9.92. The molecule has 18 heavy (non-hydrogen) atoms. The van der Waals surface area contributed by atoms with Crippen LogP contribution in [-0.4, -0.2) is 43.0 Å². The van der Waals surface area contributed by atoms with E-state index >= 15 is 0 Å². The minimum Gasteiger partial charge on any atom is -0.352 e. The smallest absolute Gasteiger partial charge is 0.220 e. The average molecular weight is 255 g/mol. The van der Waals surface area contributed by atoms with Crippen LogP contribution in [0.15, 0.2) is 0 Å². The van der Waals surface area contributed by atoms with Crippen molar-refractivity contribution < 1.29 is 4.79 Å². The van der Waals surface area contributed by atoms with E-state index in [2.05, 4.69) is 31.0 Å². The van der Waals surface area contributed by atoms with Crippen LogP contribution in [-0.2, 0) is 4.79 Å². The number of nitrogens with two attached hydrogens (primary N) is 1. The number of nitrogens with zero attached hydrogens (tertiary/aromatic N) is 1. The van der Waals surface area contributed by atoms with Crippen LogP contribution < -0.4 is 11.1 Å². The quantitative estimate of drug-likeness (QED) is 0.750. The van der Waals surface area contributed by atoms with Crippen LogP contribution in [0.1, 0.15) is 40.0 Å². The number of hydrogen-bond acceptors (Lipinski definition) is 3. The fourth-order valence-corrected chi connectivity index (χ4v) is 2.98. The zero-order valence-corrected chi connectivity index (χ0v) is 12.1. The molecular formula is C14H29N3O. The average Bonchev–Trinajstić information content (AvgIpc) is 2.24. The van der Waals surface area contributed by atoms with Crippen molar-refractivity contribution in [3.05, 3.63) is 0 Å². The third-order valence-electron chi connectivity index (χ3n) is 3.49. The zero-order valence-electron chi connectivity index (χ0n) is 12.1. The predicted molar refractivity (Wildman–Crippen MR) is 75.3 cm³/mol. The van der Waals surface area contributed by atoms with E-state index in [-0.39, 0.29) is 11.9 Å². The standard InChI is InChI=1S/C14H29N3O/c1-11-7-12(2)9-17(8-11)10-13(3)16-14(18)5-4-6-15/h11-13H,4-10,15H2,1-3H3,(H,16,18). The second-order valence-electron chi connectivity index (χ2n) is 6.03. The topological polar surface area (TPSA) is 58.4 Å². The van der Waals surface area contributed by atoms with Crippen molar-refractivity contribution in [2.24, 2.45) is 17.6 Å². The Balaban J connectivity index is 2.26. The highest BCUT2D eigenvalue weighted by atomic mass is 16.1. The predicted octanol–water partition coefficient (Wildman–Crippen LogP) is 1.21. The summed E-state index contributed by atoms with van der Waals surface area (Å²) >= 11 is 0. The Labute approximate surface area is 111 Å². The number of likely N-dealkylation sites (tertiary alicyclic amines) is 1. The molecule has 1 saturated heterocycles. The highest BCUT2D eigenvalue weighted by molar-refractivity contribution is 5.76. The maximum atomic E-state index is 11.6. The molecule has 3 N–H and O–H groups in total. The molecule has 1 rings (SSSR count). The first-order valence-electron chi connectivity index (χ1n) is 7.23. The fourth-order valence-electron chi connectivity index (χ4n) is 2.98. The molecule has 106 valence electrons. The van der Waals surface area contributed by atoms with Crippen LogP contribution >= 0.6 is 0 Å². The van der Waals surface area contributed by atoms with Crippen LogP contribution in [0.4, 0.5) is 0 Å². The van der Waals surface area contributed by atoms with Gasteiger partial charge in [-0.25, -0.2) is 0 Å². The van der Waals surface area contributed by atoms with Gasteiger partial charge in [0.25, 0.3) is 0 Å². The summed E-state index contributed by atoms with van der Waals surface area (Å²) in [6.07, 6.45) is 2.65. The van der Waals surface area contributed by atoms with Gasteiger partial charge in [0.2, 0.25) is 5.91 Å². The minimum absolute atomic E-state index is 0.131. The number of carbonyl (C=O) groups excluding carboxylic acids is 1. The lowest BCUT2D eigenvalue weighted by molar-refractivity contribution is -0.121. The third kappa shape index (κ3) is 5.83. The molecule has 0 saturated carbocycles. The molecule has 0 aromatic heterocycles. The van der Waals surface area contributed by atoms with Gasteiger partial charge in [-0.05, 0) is 38.1 Å². The van der Waals surface area contributed by atoms with Gasteiger partial charge in [0.1, 0.15) is 0 Å². The van der Waals surface area contributed by atoms with Gasteiger partial charge in [0.15, 0.2) is 0 Å². The van der Waals surface area contributed by atoms with E-state index in [9.17, 15) is 4.79 Å². The zero-order chi connectivity index (χ0) is 13.5. The summed E-state index contributed by atoms with van der Waals surface area (Å²) in [5, 5.41) is 3.06. The highest BCUT2D eigenvalue weighted by Gasteiger charge is 2.23. The lowest BCUT2D eigenvalue weighted by Crippen LogP contribution is -2.47. The number of carbonyl (C=O) groups is 1. The monoisotopic (exact) mass is 255 g/mol. The molecule has 1 aliphatic heterocycles. The van der Waals surface area contributed by atoms with Crippen LogP contribution in [0.2, 0.25) is 0 Å². The maximum Gasteiger partial charge on any atom is 0.220 e. The summed E-state index contributed by atoms with van der Waals surface area (Å²) in [6, 6.07) is 0.229. The second kappa shape index (κ2) is 7.74. The highest BCUT2D eigenvalue weighted by Crippen LogP contribution is 2.20. The van der Waals surface area contributed by atoms with E-state index < -0.39 is 0 Å². The maximum absolute atomic E-state index is 11.6. The van der Waals surface area contributed by atoms with Crippen LogP contribution in [0, 0.1) is 11.8 Å². The van der Waals surface area contributed by atoms with E-state index in [4.69, 9.17) is 5.73 Å². The largest absolute Gasteiger partial charge is 0.352 e. The summed E-state index contributed by atoms with van der Waals surface area (Å²) in [4.78, 5) is 14.1. The van der Waals surface area contributed by atoms with Gasteiger partial charge in [-0.3, -0.25) is 4.79 Å². The van der Waals surface area contributed by atoms with Crippen molar-refractivity contribution >= 4 is 5.91 Å². The summed E-state index contributed by atoms with van der Waals surface area (Å²) in [5.74, 6) is 1.67. The van der Waals surface area contributed by atoms with Crippen molar-refractivity contribution in [3.8, 4) is 0 Å². The van der Waals surface area contributed by atoms with E-state index in [1.54, 1.807) is 0 Å². The summed E-state index contributed by atoms with van der Waals surface area (Å²) in [5.41, 5.74) is 5.40. The molecule has 3 atom stereocenters. The molecule has 0 bridgehead atoms. The van der Waals surface area contributed by atoms with E-state index in [1.165, 1.54) is 6.42 Å². The molecule has 1 heterocycles. The van der Waals surface area contributed by atoms with Gasteiger partial charge < -0.3 is 16.0 Å². The van der Waals surface area contributed by atoms with Gasteiger partial charge in [-0.2, -0.15) is 0 Å². The number of rotatable bonds is 6. The molecule has 4 heteroatoms. The SMILES string of the molecule is CC1CC(C)CN(CC(C)NC(=O)CCCN)C1. The summed E-state index contributed by atoms with van der Waals surface area (Å²) < 4.78 is 0. The van der Waals surface area contributed by atoms with Crippen molar-refractivity contribution in [1.82, 2.24) is 10.2 Å². The molecule has 1 amide bonds. The number of nitrogens with one attached hydrogen (secondary N) is 1. The summed E-state index contributed by atoms with van der Waals surface area (Å²) in [7, 11) is 0.